The van der Waals surface area contributed by atoms with Crippen LogP contribution in [0.1, 0.15) is 26.5 Å². The van der Waals surface area contributed by atoms with E-state index >= 15 is 0 Å². The highest BCUT2D eigenvalue weighted by Crippen LogP contribution is 2.30. The van der Waals surface area contributed by atoms with Crippen LogP contribution in [0.25, 0.3) is 0 Å². The van der Waals surface area contributed by atoms with Crippen molar-refractivity contribution in [2.75, 3.05) is 18.1 Å². The monoisotopic (exact) mass is 332 g/mol. The molecule has 6 heteroatoms. The van der Waals surface area contributed by atoms with E-state index in [-0.39, 0.29) is 6.09 Å². The molecule has 0 aliphatic carbocycles. The van der Waals surface area contributed by atoms with Crippen LogP contribution in [0.4, 0.5) is 10.5 Å². The van der Waals surface area contributed by atoms with Crippen LogP contribution in [0.2, 0.25) is 19.6 Å². The van der Waals surface area contributed by atoms with E-state index in [0.29, 0.717) is 30.4 Å². The normalized spacial score (nSPS) is 14.3. The van der Waals surface area contributed by atoms with Gasteiger partial charge in [-0.3, -0.25) is 4.90 Å². The summed E-state index contributed by atoms with van der Waals surface area (Å²) in [6, 6.07) is 3.64. The van der Waals surface area contributed by atoms with Gasteiger partial charge in [0, 0.05) is 0 Å². The Bertz CT molecular complexity index is 663. The Labute approximate surface area is 139 Å². The predicted molar refractivity (Wildman–Crippen MR) is 93.5 cm³/mol. The van der Waals surface area contributed by atoms with Gasteiger partial charge in [0.15, 0.2) is 0 Å². The first kappa shape index (κ1) is 17.4. The second-order valence-corrected chi connectivity index (χ2v) is 12.3. The standard InChI is InChI=1S/C17H24N2O3Si/c1-17(2,3)22-16(20)19-10-11-21-15-14(19)8-7-13(18-15)9-12-23(4,5)6/h7-8H,10-11H2,1-6H3. The van der Waals surface area contributed by atoms with Gasteiger partial charge in [-0.2, -0.15) is 0 Å². The first-order valence-corrected chi connectivity index (χ1v) is 11.2. The number of hydrogen-bond donors (Lipinski definition) is 0. The van der Waals surface area contributed by atoms with Gasteiger partial charge in [-0.1, -0.05) is 25.6 Å². The molecule has 1 amide bonds. The van der Waals surface area contributed by atoms with Gasteiger partial charge in [0.05, 0.1) is 6.54 Å². The fraction of sp³-hybridized carbons (Fsp3) is 0.529. The molecule has 0 saturated carbocycles. The van der Waals surface area contributed by atoms with Gasteiger partial charge in [0.2, 0.25) is 5.88 Å². The molecular formula is C17H24N2O3Si. The van der Waals surface area contributed by atoms with E-state index in [1.165, 1.54) is 0 Å². The summed E-state index contributed by atoms with van der Waals surface area (Å²) in [5, 5.41) is 0. The van der Waals surface area contributed by atoms with Gasteiger partial charge >= 0.3 is 6.09 Å². The molecule has 1 aromatic rings. The number of hydrogen-bond acceptors (Lipinski definition) is 4. The Morgan fingerprint density at radius 2 is 2.04 bits per heavy atom. The van der Waals surface area contributed by atoms with Gasteiger partial charge < -0.3 is 9.47 Å². The molecule has 0 unspecified atom stereocenters. The van der Waals surface area contributed by atoms with Crippen LogP contribution in [-0.2, 0) is 4.74 Å². The molecule has 0 saturated heterocycles. The number of anilines is 1. The quantitative estimate of drug-likeness (QED) is 0.539. The molecule has 0 fully saturated rings. The molecular weight excluding hydrogens is 308 g/mol. The second-order valence-electron chi connectivity index (χ2n) is 7.50. The Balaban J connectivity index is 2.26. The molecule has 1 aromatic heterocycles. The maximum atomic E-state index is 12.3. The number of carbonyl (C=O) groups is 1. The predicted octanol–water partition coefficient (Wildman–Crippen LogP) is 3.44. The summed E-state index contributed by atoms with van der Waals surface area (Å²) in [6.45, 7) is 12.9. The van der Waals surface area contributed by atoms with Crippen molar-refractivity contribution in [2.45, 2.75) is 46.0 Å². The Morgan fingerprint density at radius 3 is 2.65 bits per heavy atom. The fourth-order valence-electron chi connectivity index (χ4n) is 1.93. The van der Waals surface area contributed by atoms with Crippen molar-refractivity contribution in [3.63, 3.8) is 0 Å². The average molecular weight is 332 g/mol. The second kappa shape index (κ2) is 6.24. The third kappa shape index (κ3) is 5.00. The first-order valence-electron chi connectivity index (χ1n) is 7.73. The lowest BCUT2D eigenvalue weighted by Crippen LogP contribution is -2.41. The largest absolute Gasteiger partial charge is 0.474 e. The highest BCUT2D eigenvalue weighted by atomic mass is 28.3. The van der Waals surface area contributed by atoms with Gasteiger partial charge in [-0.05, 0) is 32.9 Å². The Kier molecular flexibility index (Phi) is 4.71. The molecule has 0 spiro atoms. The molecule has 23 heavy (non-hydrogen) atoms. The molecule has 0 N–H and O–H groups in total. The summed E-state index contributed by atoms with van der Waals surface area (Å²) in [6.07, 6.45) is -0.384. The minimum atomic E-state index is -1.46. The maximum absolute atomic E-state index is 12.3. The van der Waals surface area contributed by atoms with Crippen LogP contribution in [0.15, 0.2) is 12.1 Å². The lowest BCUT2D eigenvalue weighted by molar-refractivity contribution is 0.0566. The SMILES string of the molecule is CC(C)(C)OC(=O)N1CCOc2nc(C#C[Si](C)(C)C)ccc21. The lowest BCUT2D eigenvalue weighted by Gasteiger charge is -2.30. The molecule has 0 bridgehead atoms. The lowest BCUT2D eigenvalue weighted by atomic mass is 10.2. The molecule has 5 nitrogen and oxygen atoms in total. The number of ether oxygens (including phenoxy) is 2. The summed E-state index contributed by atoms with van der Waals surface area (Å²) < 4.78 is 11.0. The van der Waals surface area contributed by atoms with Crippen molar-refractivity contribution < 1.29 is 14.3 Å². The zero-order valence-electron chi connectivity index (χ0n) is 14.7. The molecule has 124 valence electrons. The average Bonchev–Trinajstić information content (AvgIpc) is 2.41. The fourth-order valence-corrected chi connectivity index (χ4v) is 2.43. The topological polar surface area (TPSA) is 51.7 Å². The number of amides is 1. The first-order chi connectivity index (χ1) is 10.6. The molecule has 1 aliphatic rings. The zero-order valence-corrected chi connectivity index (χ0v) is 15.7. The molecule has 2 rings (SSSR count). The number of carbonyl (C=O) groups excluding carboxylic acids is 1. The summed E-state index contributed by atoms with van der Waals surface area (Å²) in [7, 11) is -1.46. The van der Waals surface area contributed by atoms with E-state index in [1.807, 2.05) is 32.9 Å². The van der Waals surface area contributed by atoms with E-state index in [0.717, 1.165) is 0 Å². The van der Waals surface area contributed by atoms with Crippen LogP contribution in [0, 0.1) is 11.5 Å². The molecule has 2 heterocycles. The minimum absolute atomic E-state index is 0.384. The van der Waals surface area contributed by atoms with Crippen LogP contribution < -0.4 is 9.64 Å². The summed E-state index contributed by atoms with van der Waals surface area (Å²) in [5.41, 5.74) is 4.03. The van der Waals surface area contributed by atoms with Gasteiger partial charge in [-0.25, -0.2) is 9.78 Å². The molecule has 0 aromatic carbocycles. The summed E-state index contributed by atoms with van der Waals surface area (Å²) in [4.78, 5) is 18.3. The summed E-state index contributed by atoms with van der Waals surface area (Å²) in [5.74, 6) is 3.54. The number of rotatable bonds is 0. The molecule has 0 atom stereocenters. The minimum Gasteiger partial charge on any atom is -0.474 e. The van der Waals surface area contributed by atoms with E-state index in [1.54, 1.807) is 4.90 Å². The van der Waals surface area contributed by atoms with Crippen molar-refractivity contribution in [2.24, 2.45) is 0 Å². The third-order valence-corrected chi connectivity index (χ3v) is 3.74. The maximum Gasteiger partial charge on any atom is 0.415 e. The molecule has 1 aliphatic heterocycles. The van der Waals surface area contributed by atoms with Gasteiger partial charge in [0.1, 0.15) is 31.7 Å². The van der Waals surface area contributed by atoms with Crippen molar-refractivity contribution in [3.8, 4) is 17.3 Å². The zero-order chi connectivity index (χ0) is 17.3. The number of aromatic nitrogens is 1. The van der Waals surface area contributed by atoms with Crippen molar-refractivity contribution >= 4 is 19.9 Å². The van der Waals surface area contributed by atoms with E-state index in [4.69, 9.17) is 9.47 Å². The summed E-state index contributed by atoms with van der Waals surface area (Å²) >= 11 is 0. The van der Waals surface area contributed by atoms with Crippen molar-refractivity contribution in [3.05, 3.63) is 17.8 Å². The van der Waals surface area contributed by atoms with E-state index in [9.17, 15) is 4.79 Å². The van der Waals surface area contributed by atoms with Crippen LogP contribution in [0.3, 0.4) is 0 Å². The highest BCUT2D eigenvalue weighted by molar-refractivity contribution is 6.83. The highest BCUT2D eigenvalue weighted by Gasteiger charge is 2.29. The Hall–Kier alpha value is -2.00. The molecule has 0 radical (unpaired) electrons. The number of pyridine rings is 1. The van der Waals surface area contributed by atoms with E-state index < -0.39 is 13.7 Å². The van der Waals surface area contributed by atoms with Crippen molar-refractivity contribution in [1.82, 2.24) is 4.98 Å². The van der Waals surface area contributed by atoms with Crippen LogP contribution in [-0.4, -0.2) is 37.9 Å². The number of fused-ring (bicyclic) bond motifs is 1. The van der Waals surface area contributed by atoms with Crippen LogP contribution >= 0.6 is 0 Å². The van der Waals surface area contributed by atoms with E-state index in [2.05, 4.69) is 36.1 Å². The van der Waals surface area contributed by atoms with Crippen LogP contribution in [0.5, 0.6) is 5.88 Å². The van der Waals surface area contributed by atoms with Crippen molar-refractivity contribution in [1.29, 1.82) is 0 Å². The Morgan fingerprint density at radius 1 is 1.35 bits per heavy atom. The van der Waals surface area contributed by atoms with Gasteiger partial charge in [-0.15, -0.1) is 5.54 Å². The number of nitrogens with zero attached hydrogens (tertiary/aromatic N) is 2. The third-order valence-electron chi connectivity index (χ3n) is 2.86. The van der Waals surface area contributed by atoms with Gasteiger partial charge in [0.25, 0.3) is 0 Å². The smallest absolute Gasteiger partial charge is 0.415 e.